The SMILES string of the molecule is Cl.O=C(NCC1CCNC1)c1ccccc1OC(F)F. The molecule has 0 radical (unpaired) electrons. The molecule has 4 nitrogen and oxygen atoms in total. The van der Waals surface area contributed by atoms with Gasteiger partial charge in [0.05, 0.1) is 5.56 Å². The van der Waals surface area contributed by atoms with Crippen LogP contribution in [0.4, 0.5) is 8.78 Å². The Hall–Kier alpha value is -1.40. The third kappa shape index (κ3) is 4.61. The molecule has 0 aromatic heterocycles. The van der Waals surface area contributed by atoms with Crippen LogP contribution in [0, 0.1) is 5.92 Å². The van der Waals surface area contributed by atoms with Gasteiger partial charge in [0.15, 0.2) is 0 Å². The van der Waals surface area contributed by atoms with Crippen molar-refractivity contribution in [2.24, 2.45) is 5.92 Å². The van der Waals surface area contributed by atoms with Crippen LogP contribution in [0.2, 0.25) is 0 Å². The first kappa shape index (κ1) is 16.7. The maximum Gasteiger partial charge on any atom is 0.387 e. The molecular weight excluding hydrogens is 290 g/mol. The zero-order valence-electron chi connectivity index (χ0n) is 10.8. The van der Waals surface area contributed by atoms with E-state index in [0.29, 0.717) is 12.5 Å². The highest BCUT2D eigenvalue weighted by Gasteiger charge is 2.18. The Labute approximate surface area is 122 Å². The van der Waals surface area contributed by atoms with Crippen LogP contribution in [0.15, 0.2) is 24.3 Å². The van der Waals surface area contributed by atoms with E-state index in [1.54, 1.807) is 12.1 Å². The fraction of sp³-hybridized carbons (Fsp3) is 0.462. The molecular formula is C13H17ClF2N2O2. The zero-order chi connectivity index (χ0) is 13.7. The van der Waals surface area contributed by atoms with Crippen molar-refractivity contribution in [1.29, 1.82) is 0 Å². The van der Waals surface area contributed by atoms with E-state index < -0.39 is 6.61 Å². The summed E-state index contributed by atoms with van der Waals surface area (Å²) in [6.45, 7) is -0.580. The smallest absolute Gasteiger partial charge is 0.387 e. The van der Waals surface area contributed by atoms with Gasteiger partial charge in [-0.1, -0.05) is 12.1 Å². The molecule has 7 heteroatoms. The first-order valence-corrected chi connectivity index (χ1v) is 6.19. The van der Waals surface area contributed by atoms with Crippen LogP contribution in [-0.2, 0) is 0 Å². The number of rotatable bonds is 5. The molecule has 1 amide bonds. The molecule has 2 N–H and O–H groups in total. The number of para-hydroxylation sites is 1. The van der Waals surface area contributed by atoms with Crippen LogP contribution in [0.25, 0.3) is 0 Å². The first-order chi connectivity index (χ1) is 9.16. The first-order valence-electron chi connectivity index (χ1n) is 6.19. The van der Waals surface area contributed by atoms with E-state index in [0.717, 1.165) is 19.5 Å². The van der Waals surface area contributed by atoms with Crippen molar-refractivity contribution in [3.05, 3.63) is 29.8 Å². The van der Waals surface area contributed by atoms with Crippen molar-refractivity contribution < 1.29 is 18.3 Å². The summed E-state index contributed by atoms with van der Waals surface area (Å²) in [6.07, 6.45) is 1.01. The summed E-state index contributed by atoms with van der Waals surface area (Å²) in [5, 5.41) is 5.95. The largest absolute Gasteiger partial charge is 0.434 e. The van der Waals surface area contributed by atoms with Crippen LogP contribution in [-0.4, -0.2) is 32.2 Å². The summed E-state index contributed by atoms with van der Waals surface area (Å²) in [4.78, 5) is 11.9. The minimum Gasteiger partial charge on any atom is -0.434 e. The monoisotopic (exact) mass is 306 g/mol. The van der Waals surface area contributed by atoms with Gasteiger partial charge < -0.3 is 15.4 Å². The van der Waals surface area contributed by atoms with Gasteiger partial charge in [-0.25, -0.2) is 0 Å². The van der Waals surface area contributed by atoms with Gasteiger partial charge in [0.1, 0.15) is 5.75 Å². The van der Waals surface area contributed by atoms with Gasteiger partial charge in [-0.2, -0.15) is 8.78 Å². The third-order valence-corrected chi connectivity index (χ3v) is 3.06. The molecule has 0 aliphatic carbocycles. The molecule has 0 saturated carbocycles. The van der Waals surface area contributed by atoms with Gasteiger partial charge in [-0.3, -0.25) is 4.79 Å². The van der Waals surface area contributed by atoms with E-state index >= 15 is 0 Å². The average molecular weight is 307 g/mol. The minimum atomic E-state index is -2.94. The molecule has 20 heavy (non-hydrogen) atoms. The van der Waals surface area contributed by atoms with E-state index in [9.17, 15) is 13.6 Å². The number of carbonyl (C=O) groups is 1. The highest BCUT2D eigenvalue weighted by Crippen LogP contribution is 2.20. The lowest BCUT2D eigenvalue weighted by atomic mass is 10.1. The number of amides is 1. The molecule has 1 atom stereocenters. The maximum atomic E-state index is 12.2. The molecule has 1 unspecified atom stereocenters. The second kappa shape index (κ2) is 8.01. The van der Waals surface area contributed by atoms with Gasteiger partial charge in [-0.15, -0.1) is 12.4 Å². The number of halogens is 3. The molecule has 1 aromatic rings. The lowest BCUT2D eigenvalue weighted by Gasteiger charge is -2.13. The number of ether oxygens (including phenoxy) is 1. The number of nitrogens with one attached hydrogen (secondary N) is 2. The fourth-order valence-corrected chi connectivity index (χ4v) is 2.07. The molecule has 1 fully saturated rings. The van der Waals surface area contributed by atoms with Crippen molar-refractivity contribution in [3.8, 4) is 5.75 Å². The number of hydrogen-bond donors (Lipinski definition) is 2. The van der Waals surface area contributed by atoms with Crippen molar-refractivity contribution in [3.63, 3.8) is 0 Å². The quantitative estimate of drug-likeness (QED) is 0.875. The Kier molecular flexibility index (Phi) is 6.67. The third-order valence-electron chi connectivity index (χ3n) is 3.06. The van der Waals surface area contributed by atoms with Crippen molar-refractivity contribution in [1.82, 2.24) is 10.6 Å². The Morgan fingerprint density at radius 1 is 1.45 bits per heavy atom. The van der Waals surface area contributed by atoms with Gasteiger partial charge in [0.2, 0.25) is 0 Å². The van der Waals surface area contributed by atoms with Crippen molar-refractivity contribution in [2.45, 2.75) is 13.0 Å². The zero-order valence-corrected chi connectivity index (χ0v) is 11.6. The van der Waals surface area contributed by atoms with Crippen LogP contribution < -0.4 is 15.4 Å². The predicted molar refractivity (Wildman–Crippen MR) is 73.6 cm³/mol. The Balaban J connectivity index is 0.00000200. The van der Waals surface area contributed by atoms with E-state index in [-0.39, 0.29) is 29.6 Å². The molecule has 112 valence electrons. The lowest BCUT2D eigenvalue weighted by Crippen LogP contribution is -2.30. The standard InChI is InChI=1S/C13H16F2N2O2.ClH/c14-13(15)19-11-4-2-1-3-10(11)12(18)17-8-9-5-6-16-7-9;/h1-4,9,13,16H,5-8H2,(H,17,18);1H. The van der Waals surface area contributed by atoms with E-state index in [1.165, 1.54) is 12.1 Å². The normalized spacial score (nSPS) is 17.6. The molecule has 1 aliphatic heterocycles. The number of benzene rings is 1. The number of hydrogen-bond acceptors (Lipinski definition) is 3. The highest BCUT2D eigenvalue weighted by molar-refractivity contribution is 5.96. The van der Waals surface area contributed by atoms with Crippen LogP contribution in [0.5, 0.6) is 5.75 Å². The molecule has 1 aliphatic rings. The summed E-state index contributed by atoms with van der Waals surface area (Å²) >= 11 is 0. The number of alkyl halides is 2. The minimum absolute atomic E-state index is 0. The summed E-state index contributed by atoms with van der Waals surface area (Å²) in [7, 11) is 0. The fourth-order valence-electron chi connectivity index (χ4n) is 2.07. The van der Waals surface area contributed by atoms with Crippen LogP contribution in [0.1, 0.15) is 16.8 Å². The van der Waals surface area contributed by atoms with Gasteiger partial charge in [0, 0.05) is 6.54 Å². The van der Waals surface area contributed by atoms with Crippen LogP contribution in [0.3, 0.4) is 0 Å². The lowest BCUT2D eigenvalue weighted by molar-refractivity contribution is -0.0501. The second-order valence-electron chi connectivity index (χ2n) is 4.44. The molecule has 1 heterocycles. The molecule has 0 bridgehead atoms. The summed E-state index contributed by atoms with van der Waals surface area (Å²) in [5.74, 6) is -0.0881. The molecule has 1 aromatic carbocycles. The highest BCUT2D eigenvalue weighted by atomic mass is 35.5. The van der Waals surface area contributed by atoms with Gasteiger partial charge in [-0.05, 0) is 37.6 Å². The Morgan fingerprint density at radius 2 is 2.20 bits per heavy atom. The van der Waals surface area contributed by atoms with Crippen molar-refractivity contribution >= 4 is 18.3 Å². The Bertz CT molecular complexity index is 440. The molecule has 0 spiro atoms. The summed E-state index contributed by atoms with van der Waals surface area (Å²) in [5.41, 5.74) is 0.133. The molecule has 2 rings (SSSR count). The topological polar surface area (TPSA) is 50.4 Å². The van der Waals surface area contributed by atoms with Crippen molar-refractivity contribution in [2.75, 3.05) is 19.6 Å². The van der Waals surface area contributed by atoms with E-state index in [1.807, 2.05) is 0 Å². The second-order valence-corrected chi connectivity index (χ2v) is 4.44. The molecule has 1 saturated heterocycles. The number of carbonyl (C=O) groups excluding carboxylic acids is 1. The maximum absolute atomic E-state index is 12.2. The summed E-state index contributed by atoms with van der Waals surface area (Å²) < 4.78 is 28.8. The van der Waals surface area contributed by atoms with E-state index in [2.05, 4.69) is 15.4 Å². The summed E-state index contributed by atoms with van der Waals surface area (Å²) in [6, 6.07) is 6.00. The predicted octanol–water partition coefficient (Wildman–Crippen LogP) is 2.05. The van der Waals surface area contributed by atoms with Gasteiger partial charge >= 0.3 is 6.61 Å². The van der Waals surface area contributed by atoms with Crippen LogP contribution >= 0.6 is 12.4 Å². The van der Waals surface area contributed by atoms with E-state index in [4.69, 9.17) is 0 Å². The average Bonchev–Trinajstić information content (AvgIpc) is 2.89. The Morgan fingerprint density at radius 3 is 2.85 bits per heavy atom. The van der Waals surface area contributed by atoms with Gasteiger partial charge in [0.25, 0.3) is 5.91 Å².